The molecule has 4 rings (SSSR count). The lowest BCUT2D eigenvalue weighted by atomic mass is 9.99. The van der Waals surface area contributed by atoms with Crippen molar-refractivity contribution >= 4 is 5.91 Å². The zero-order valence-corrected chi connectivity index (χ0v) is 15.2. The van der Waals surface area contributed by atoms with Gasteiger partial charge in [0.1, 0.15) is 5.75 Å². The molecule has 0 aliphatic carbocycles. The van der Waals surface area contributed by atoms with E-state index in [9.17, 15) is 4.79 Å². The highest BCUT2D eigenvalue weighted by atomic mass is 16.7. The van der Waals surface area contributed by atoms with Crippen molar-refractivity contribution in [3.8, 4) is 16.9 Å². The minimum absolute atomic E-state index is 0.0102. The van der Waals surface area contributed by atoms with Gasteiger partial charge in [0.25, 0.3) is 5.91 Å². The van der Waals surface area contributed by atoms with Crippen molar-refractivity contribution in [3.63, 3.8) is 0 Å². The van der Waals surface area contributed by atoms with Crippen molar-refractivity contribution in [2.75, 3.05) is 27.2 Å². The highest BCUT2D eigenvalue weighted by Crippen LogP contribution is 2.38. The first kappa shape index (κ1) is 17.1. The Morgan fingerprint density at radius 3 is 2.42 bits per heavy atom. The Balaban J connectivity index is 1.55. The van der Waals surface area contributed by atoms with Crippen LogP contribution in [0.15, 0.2) is 42.5 Å². The van der Waals surface area contributed by atoms with Gasteiger partial charge in [-0.3, -0.25) is 4.79 Å². The second kappa shape index (κ2) is 6.74. The number of benzene rings is 2. The summed E-state index contributed by atoms with van der Waals surface area (Å²) in [4.78, 5) is 13.6. The van der Waals surface area contributed by atoms with Gasteiger partial charge in [0.2, 0.25) is 5.79 Å². The number of hydrogen-bond acceptors (Lipinski definition) is 4. The molecule has 1 amide bonds. The third kappa shape index (κ3) is 3.20. The topological polar surface area (TPSA) is 50.8 Å². The average Bonchev–Trinajstić information content (AvgIpc) is 2.68. The molecule has 136 valence electrons. The van der Waals surface area contributed by atoms with Gasteiger partial charge in [-0.25, -0.2) is 0 Å². The van der Waals surface area contributed by atoms with Crippen LogP contribution >= 0.6 is 0 Å². The normalized spacial score (nSPS) is 18.1. The van der Waals surface area contributed by atoms with Crippen LogP contribution in [0.5, 0.6) is 5.75 Å². The molecule has 0 aromatic heterocycles. The molecule has 1 saturated heterocycles. The Bertz CT molecular complexity index is 809. The van der Waals surface area contributed by atoms with Gasteiger partial charge in [0.05, 0.1) is 6.61 Å². The molecule has 0 atom stereocenters. The number of fused-ring (bicyclic) bond motifs is 1. The van der Waals surface area contributed by atoms with Crippen LogP contribution in [0.2, 0.25) is 0 Å². The first-order valence-corrected chi connectivity index (χ1v) is 9.05. The minimum atomic E-state index is -0.464. The van der Waals surface area contributed by atoms with E-state index in [0.29, 0.717) is 12.2 Å². The lowest BCUT2D eigenvalue weighted by Gasteiger charge is -2.41. The number of amides is 1. The molecule has 1 fully saturated rings. The lowest BCUT2D eigenvalue weighted by Crippen LogP contribution is -2.49. The van der Waals surface area contributed by atoms with Crippen LogP contribution in [0, 0.1) is 0 Å². The van der Waals surface area contributed by atoms with Crippen LogP contribution < -0.4 is 10.1 Å². The molecule has 2 aliphatic heterocycles. The predicted octanol–water partition coefficient (Wildman–Crippen LogP) is 3.04. The molecule has 26 heavy (non-hydrogen) atoms. The van der Waals surface area contributed by atoms with E-state index in [1.165, 1.54) is 0 Å². The van der Waals surface area contributed by atoms with Gasteiger partial charge in [-0.2, -0.15) is 0 Å². The van der Waals surface area contributed by atoms with Crippen molar-refractivity contribution in [1.29, 1.82) is 0 Å². The SMILES string of the molecule is CN(C)C(=O)c1ccc(-c2ccc3c(c2)COC2(CCNCC2)O3)cc1. The van der Waals surface area contributed by atoms with E-state index in [1.807, 2.05) is 30.3 Å². The first-order valence-electron chi connectivity index (χ1n) is 9.05. The number of piperidine rings is 1. The van der Waals surface area contributed by atoms with E-state index < -0.39 is 5.79 Å². The fraction of sp³-hybridized carbons (Fsp3) is 0.381. The molecular weight excluding hydrogens is 328 g/mol. The van der Waals surface area contributed by atoms with Crippen molar-refractivity contribution in [3.05, 3.63) is 53.6 Å². The van der Waals surface area contributed by atoms with Crippen LogP contribution in [0.1, 0.15) is 28.8 Å². The molecular formula is C21H24N2O3. The molecule has 0 radical (unpaired) electrons. The number of carbonyl (C=O) groups is 1. The lowest BCUT2D eigenvalue weighted by molar-refractivity contribution is -0.218. The number of hydrogen-bond donors (Lipinski definition) is 1. The Labute approximate surface area is 153 Å². The van der Waals surface area contributed by atoms with Crippen LogP contribution in [-0.2, 0) is 11.3 Å². The van der Waals surface area contributed by atoms with E-state index in [-0.39, 0.29) is 5.91 Å². The molecule has 0 unspecified atom stereocenters. The van der Waals surface area contributed by atoms with Crippen LogP contribution in [0.4, 0.5) is 0 Å². The van der Waals surface area contributed by atoms with Gasteiger partial charge in [-0.15, -0.1) is 0 Å². The second-order valence-corrected chi connectivity index (χ2v) is 7.15. The molecule has 1 spiro atoms. The van der Waals surface area contributed by atoms with E-state index in [2.05, 4.69) is 17.4 Å². The number of nitrogens with zero attached hydrogens (tertiary/aromatic N) is 1. The summed E-state index contributed by atoms with van der Waals surface area (Å²) in [6, 6.07) is 13.9. The largest absolute Gasteiger partial charge is 0.462 e. The molecule has 2 aromatic carbocycles. The van der Waals surface area contributed by atoms with Gasteiger partial charge in [-0.05, 0) is 35.4 Å². The number of nitrogens with one attached hydrogen (secondary N) is 1. The highest BCUT2D eigenvalue weighted by Gasteiger charge is 2.38. The van der Waals surface area contributed by atoms with Crippen LogP contribution in [-0.4, -0.2) is 43.8 Å². The predicted molar refractivity (Wildman–Crippen MR) is 100 cm³/mol. The van der Waals surface area contributed by atoms with Crippen molar-refractivity contribution < 1.29 is 14.3 Å². The zero-order chi connectivity index (χ0) is 18.1. The van der Waals surface area contributed by atoms with Gasteiger partial charge in [0, 0.05) is 51.2 Å². The standard InChI is InChI=1S/C21H24N2O3/c1-23(2)20(24)16-5-3-15(4-6-16)17-7-8-19-18(13-17)14-25-21(26-19)9-11-22-12-10-21/h3-8,13,22H,9-12,14H2,1-2H3. The van der Waals surface area contributed by atoms with Crippen molar-refractivity contribution in [2.24, 2.45) is 0 Å². The number of rotatable bonds is 2. The summed E-state index contributed by atoms with van der Waals surface area (Å²) >= 11 is 0. The van der Waals surface area contributed by atoms with Gasteiger partial charge >= 0.3 is 0 Å². The Hall–Kier alpha value is -2.37. The van der Waals surface area contributed by atoms with E-state index in [1.54, 1.807) is 19.0 Å². The second-order valence-electron chi connectivity index (χ2n) is 7.15. The maximum atomic E-state index is 12.0. The molecule has 2 aliphatic rings. The average molecular weight is 352 g/mol. The summed E-state index contributed by atoms with van der Waals surface area (Å²) in [5.41, 5.74) is 3.93. The molecule has 0 bridgehead atoms. The maximum absolute atomic E-state index is 12.0. The first-order chi connectivity index (χ1) is 12.6. The Morgan fingerprint density at radius 2 is 1.73 bits per heavy atom. The van der Waals surface area contributed by atoms with E-state index >= 15 is 0 Å². The third-order valence-corrected chi connectivity index (χ3v) is 5.08. The Morgan fingerprint density at radius 1 is 1.04 bits per heavy atom. The number of carbonyl (C=O) groups excluding carboxylic acids is 1. The van der Waals surface area contributed by atoms with Gasteiger partial charge in [0.15, 0.2) is 0 Å². The van der Waals surface area contributed by atoms with Gasteiger partial charge in [-0.1, -0.05) is 18.2 Å². The summed E-state index contributed by atoms with van der Waals surface area (Å²) in [6.07, 6.45) is 1.74. The van der Waals surface area contributed by atoms with E-state index in [4.69, 9.17) is 9.47 Å². The maximum Gasteiger partial charge on any atom is 0.253 e. The summed E-state index contributed by atoms with van der Waals surface area (Å²) in [5, 5.41) is 3.34. The molecule has 2 heterocycles. The van der Waals surface area contributed by atoms with Crippen molar-refractivity contribution in [2.45, 2.75) is 25.2 Å². The van der Waals surface area contributed by atoms with Crippen molar-refractivity contribution in [1.82, 2.24) is 10.2 Å². The quantitative estimate of drug-likeness (QED) is 0.903. The summed E-state index contributed by atoms with van der Waals surface area (Å²) in [7, 11) is 3.52. The molecule has 2 aromatic rings. The fourth-order valence-electron chi connectivity index (χ4n) is 3.53. The van der Waals surface area contributed by atoms with Gasteiger partial charge < -0.3 is 19.7 Å². The zero-order valence-electron chi connectivity index (χ0n) is 15.2. The highest BCUT2D eigenvalue weighted by molar-refractivity contribution is 5.94. The summed E-state index contributed by atoms with van der Waals surface area (Å²) < 4.78 is 12.3. The monoisotopic (exact) mass is 352 g/mol. The fourth-order valence-corrected chi connectivity index (χ4v) is 3.53. The molecule has 1 N–H and O–H groups in total. The molecule has 5 nitrogen and oxygen atoms in total. The van der Waals surface area contributed by atoms with Crippen LogP contribution in [0.3, 0.4) is 0 Å². The molecule has 0 saturated carbocycles. The smallest absolute Gasteiger partial charge is 0.253 e. The number of ether oxygens (including phenoxy) is 2. The summed E-state index contributed by atoms with van der Waals surface area (Å²) in [6.45, 7) is 2.41. The Kier molecular flexibility index (Phi) is 4.42. The third-order valence-electron chi connectivity index (χ3n) is 5.08. The summed E-state index contributed by atoms with van der Waals surface area (Å²) in [5.74, 6) is 0.464. The minimum Gasteiger partial charge on any atom is -0.462 e. The van der Waals surface area contributed by atoms with E-state index in [0.717, 1.165) is 48.4 Å². The van der Waals surface area contributed by atoms with Crippen LogP contribution in [0.25, 0.3) is 11.1 Å². The molecule has 5 heteroatoms.